The Balaban J connectivity index is 0. The van der Waals surface area contributed by atoms with E-state index >= 15 is 0 Å². The van der Waals surface area contributed by atoms with Crippen LogP contribution in [0, 0.1) is 5.92 Å². The SMILES string of the molecule is CC.CC(C)CCC(=O)O.CC1CCC(=O)N1. The number of carboxylic acid groups (broad SMARTS) is 1. The summed E-state index contributed by atoms with van der Waals surface area (Å²) >= 11 is 0. The van der Waals surface area contributed by atoms with Crippen LogP contribution in [0.5, 0.6) is 0 Å². The molecule has 2 N–H and O–H groups in total. The Bertz CT molecular complexity index is 215. The van der Waals surface area contributed by atoms with E-state index in [0.717, 1.165) is 19.3 Å². The minimum Gasteiger partial charge on any atom is -0.481 e. The van der Waals surface area contributed by atoms with E-state index in [-0.39, 0.29) is 5.91 Å². The van der Waals surface area contributed by atoms with Crippen molar-refractivity contribution >= 4 is 11.9 Å². The molecule has 0 bridgehead atoms. The molecular formula is C13H27NO3. The lowest BCUT2D eigenvalue weighted by Crippen LogP contribution is -2.21. The van der Waals surface area contributed by atoms with Crippen molar-refractivity contribution in [3.8, 4) is 0 Å². The molecule has 1 amide bonds. The second-order valence-corrected chi connectivity index (χ2v) is 4.33. The zero-order chi connectivity index (χ0) is 13.8. The molecule has 1 unspecified atom stereocenters. The Kier molecular flexibility index (Phi) is 12.3. The van der Waals surface area contributed by atoms with E-state index in [9.17, 15) is 9.59 Å². The van der Waals surface area contributed by atoms with Gasteiger partial charge in [-0.25, -0.2) is 0 Å². The lowest BCUT2D eigenvalue weighted by Gasteiger charge is -1.97. The van der Waals surface area contributed by atoms with Gasteiger partial charge in [-0.3, -0.25) is 9.59 Å². The van der Waals surface area contributed by atoms with E-state index < -0.39 is 5.97 Å². The van der Waals surface area contributed by atoms with E-state index in [0.29, 0.717) is 18.4 Å². The van der Waals surface area contributed by atoms with Gasteiger partial charge in [0.1, 0.15) is 0 Å². The minimum atomic E-state index is -0.696. The van der Waals surface area contributed by atoms with Gasteiger partial charge in [-0.1, -0.05) is 27.7 Å². The number of carbonyl (C=O) groups is 2. The van der Waals surface area contributed by atoms with E-state index in [4.69, 9.17) is 5.11 Å². The molecule has 0 aromatic heterocycles. The van der Waals surface area contributed by atoms with Crippen LogP contribution in [0.25, 0.3) is 0 Å². The molecule has 0 aromatic carbocycles. The van der Waals surface area contributed by atoms with Crippen LogP contribution < -0.4 is 5.32 Å². The third-order valence-corrected chi connectivity index (χ3v) is 2.15. The summed E-state index contributed by atoms with van der Waals surface area (Å²) in [6, 6.07) is 0.424. The van der Waals surface area contributed by atoms with E-state index in [1.807, 2.05) is 34.6 Å². The molecular weight excluding hydrogens is 218 g/mol. The molecule has 1 saturated heterocycles. The topological polar surface area (TPSA) is 66.4 Å². The molecule has 1 atom stereocenters. The van der Waals surface area contributed by atoms with Crippen molar-refractivity contribution in [1.29, 1.82) is 0 Å². The van der Waals surface area contributed by atoms with Crippen LogP contribution in [-0.4, -0.2) is 23.0 Å². The molecule has 0 radical (unpaired) electrons. The molecule has 17 heavy (non-hydrogen) atoms. The first kappa shape index (κ1) is 18.3. The fraction of sp³-hybridized carbons (Fsp3) is 0.846. The largest absolute Gasteiger partial charge is 0.481 e. The number of carbonyl (C=O) groups excluding carboxylic acids is 1. The normalized spacial score (nSPS) is 17.5. The van der Waals surface area contributed by atoms with Crippen molar-refractivity contribution in [2.24, 2.45) is 5.92 Å². The average molecular weight is 245 g/mol. The maximum absolute atomic E-state index is 10.3. The van der Waals surface area contributed by atoms with Gasteiger partial charge in [-0.15, -0.1) is 0 Å². The zero-order valence-corrected chi connectivity index (χ0v) is 11.7. The Morgan fingerprint density at radius 1 is 1.47 bits per heavy atom. The summed E-state index contributed by atoms with van der Waals surface area (Å²) in [4.78, 5) is 20.2. The Morgan fingerprint density at radius 2 is 2.00 bits per heavy atom. The lowest BCUT2D eigenvalue weighted by molar-refractivity contribution is -0.137. The Morgan fingerprint density at radius 3 is 2.12 bits per heavy atom. The molecule has 4 heteroatoms. The molecule has 0 spiro atoms. The highest BCUT2D eigenvalue weighted by Crippen LogP contribution is 2.03. The third kappa shape index (κ3) is 14.9. The van der Waals surface area contributed by atoms with Crippen LogP contribution in [0.3, 0.4) is 0 Å². The molecule has 0 aliphatic carbocycles. The number of carboxylic acids is 1. The van der Waals surface area contributed by atoms with Gasteiger partial charge in [0, 0.05) is 18.9 Å². The van der Waals surface area contributed by atoms with Gasteiger partial charge in [0.2, 0.25) is 5.91 Å². The van der Waals surface area contributed by atoms with Crippen molar-refractivity contribution in [2.75, 3.05) is 0 Å². The average Bonchev–Trinajstić information content (AvgIpc) is 2.63. The second-order valence-electron chi connectivity index (χ2n) is 4.33. The van der Waals surface area contributed by atoms with Crippen LogP contribution in [-0.2, 0) is 9.59 Å². The van der Waals surface area contributed by atoms with Gasteiger partial charge in [0.05, 0.1) is 0 Å². The number of amides is 1. The van der Waals surface area contributed by atoms with Crippen molar-refractivity contribution in [2.45, 2.75) is 66.3 Å². The van der Waals surface area contributed by atoms with Crippen molar-refractivity contribution < 1.29 is 14.7 Å². The van der Waals surface area contributed by atoms with E-state index in [2.05, 4.69) is 5.32 Å². The molecule has 1 heterocycles. The molecule has 1 aliphatic heterocycles. The second kappa shape index (κ2) is 11.4. The fourth-order valence-electron chi connectivity index (χ4n) is 1.18. The monoisotopic (exact) mass is 245 g/mol. The van der Waals surface area contributed by atoms with Crippen LogP contribution in [0.4, 0.5) is 0 Å². The summed E-state index contributed by atoms with van der Waals surface area (Å²) in [6.45, 7) is 10.1. The number of hydrogen-bond acceptors (Lipinski definition) is 2. The summed E-state index contributed by atoms with van der Waals surface area (Å²) < 4.78 is 0. The minimum absolute atomic E-state index is 0.201. The summed E-state index contributed by atoms with van der Waals surface area (Å²) in [6.07, 6.45) is 2.83. The van der Waals surface area contributed by atoms with Crippen LogP contribution in [0.1, 0.15) is 60.3 Å². The Labute approximate surface area is 105 Å². The quantitative estimate of drug-likeness (QED) is 0.803. The predicted octanol–water partition coefficient (Wildman–Crippen LogP) is 2.82. The van der Waals surface area contributed by atoms with Crippen LogP contribution in [0.15, 0.2) is 0 Å². The molecule has 0 saturated carbocycles. The van der Waals surface area contributed by atoms with Crippen molar-refractivity contribution in [3.05, 3.63) is 0 Å². The summed E-state index contributed by atoms with van der Waals surface area (Å²) in [5.41, 5.74) is 0. The molecule has 1 aliphatic rings. The van der Waals surface area contributed by atoms with Gasteiger partial charge in [0.15, 0.2) is 0 Å². The van der Waals surface area contributed by atoms with Crippen LogP contribution >= 0.6 is 0 Å². The molecule has 1 rings (SSSR count). The van der Waals surface area contributed by atoms with Crippen LogP contribution in [0.2, 0.25) is 0 Å². The highest BCUT2D eigenvalue weighted by molar-refractivity contribution is 5.78. The van der Waals surface area contributed by atoms with Gasteiger partial charge < -0.3 is 10.4 Å². The van der Waals surface area contributed by atoms with E-state index in [1.165, 1.54) is 0 Å². The summed E-state index contributed by atoms with van der Waals surface area (Å²) in [5.74, 6) is 0.0114. The number of aliphatic carboxylic acids is 1. The standard InChI is InChI=1S/C6H12O2.C5H9NO.C2H6/c1-5(2)3-4-6(7)8;1-4-2-3-5(7)6-4;1-2/h5H,3-4H2,1-2H3,(H,7,8);4H,2-3H2,1H3,(H,6,7);1-2H3. The molecule has 102 valence electrons. The van der Waals surface area contributed by atoms with Gasteiger partial charge in [-0.05, 0) is 25.7 Å². The smallest absolute Gasteiger partial charge is 0.303 e. The zero-order valence-electron chi connectivity index (χ0n) is 11.7. The van der Waals surface area contributed by atoms with Gasteiger partial charge >= 0.3 is 5.97 Å². The first-order chi connectivity index (χ1) is 7.91. The number of nitrogens with one attached hydrogen (secondary N) is 1. The maximum Gasteiger partial charge on any atom is 0.303 e. The summed E-state index contributed by atoms with van der Waals surface area (Å²) in [5, 5.41) is 10.9. The maximum atomic E-state index is 10.3. The number of hydrogen-bond donors (Lipinski definition) is 2. The predicted molar refractivity (Wildman–Crippen MR) is 69.9 cm³/mol. The van der Waals surface area contributed by atoms with Crippen molar-refractivity contribution in [3.63, 3.8) is 0 Å². The summed E-state index contributed by atoms with van der Waals surface area (Å²) in [7, 11) is 0. The third-order valence-electron chi connectivity index (χ3n) is 2.15. The van der Waals surface area contributed by atoms with Gasteiger partial charge in [0.25, 0.3) is 0 Å². The van der Waals surface area contributed by atoms with Crippen molar-refractivity contribution in [1.82, 2.24) is 5.32 Å². The Hall–Kier alpha value is -1.06. The highest BCUT2D eigenvalue weighted by atomic mass is 16.4. The number of rotatable bonds is 3. The first-order valence-electron chi connectivity index (χ1n) is 6.43. The van der Waals surface area contributed by atoms with E-state index in [1.54, 1.807) is 0 Å². The van der Waals surface area contributed by atoms with Gasteiger partial charge in [-0.2, -0.15) is 0 Å². The molecule has 4 nitrogen and oxygen atoms in total. The molecule has 0 aromatic rings. The lowest BCUT2D eigenvalue weighted by atomic mass is 10.1. The fourth-order valence-corrected chi connectivity index (χ4v) is 1.18. The highest BCUT2D eigenvalue weighted by Gasteiger charge is 2.14. The molecule has 1 fully saturated rings. The first-order valence-corrected chi connectivity index (χ1v) is 6.43.